The van der Waals surface area contributed by atoms with E-state index in [9.17, 15) is 5.11 Å². The molecular weight excluding hydrogens is 226 g/mol. The van der Waals surface area contributed by atoms with Crippen molar-refractivity contribution < 1.29 is 9.84 Å². The molecule has 2 rings (SSSR count). The third-order valence-electron chi connectivity index (χ3n) is 3.60. The maximum atomic E-state index is 9.45. The average Bonchev–Trinajstić information content (AvgIpc) is 2.39. The van der Waals surface area contributed by atoms with Crippen LogP contribution in [-0.4, -0.2) is 31.9 Å². The van der Waals surface area contributed by atoms with E-state index in [0.29, 0.717) is 5.92 Å². The molecular formula is C15H23NO2. The van der Waals surface area contributed by atoms with Gasteiger partial charge in [-0.15, -0.1) is 0 Å². The van der Waals surface area contributed by atoms with Gasteiger partial charge in [0.15, 0.2) is 0 Å². The summed E-state index contributed by atoms with van der Waals surface area (Å²) in [6.07, 6.45) is 2.41. The molecule has 1 aliphatic heterocycles. The number of ether oxygens (including phenoxy) is 1. The molecule has 1 aromatic rings. The molecule has 0 saturated carbocycles. The van der Waals surface area contributed by atoms with E-state index >= 15 is 0 Å². The first-order valence-electron chi connectivity index (χ1n) is 6.70. The molecule has 1 fully saturated rings. The topological polar surface area (TPSA) is 32.7 Å². The summed E-state index contributed by atoms with van der Waals surface area (Å²) in [6, 6.07) is 6.26. The quantitative estimate of drug-likeness (QED) is 0.889. The van der Waals surface area contributed by atoms with E-state index in [2.05, 4.69) is 37.1 Å². The molecule has 0 spiro atoms. The fourth-order valence-corrected chi connectivity index (χ4v) is 2.65. The zero-order chi connectivity index (χ0) is 13.0. The standard InChI is InChI=1S/C15H23NO2/c1-12-5-6-15(14(8-12)10-17)16(2)9-13-4-3-7-18-11-13/h5-6,8,13,17H,3-4,7,9-11H2,1-2H3. The van der Waals surface area contributed by atoms with Gasteiger partial charge in [-0.2, -0.15) is 0 Å². The lowest BCUT2D eigenvalue weighted by Crippen LogP contribution is -2.31. The molecule has 0 amide bonds. The number of aliphatic hydroxyl groups excluding tert-OH is 1. The number of hydrogen-bond donors (Lipinski definition) is 1. The van der Waals surface area contributed by atoms with Crippen LogP contribution in [0.3, 0.4) is 0 Å². The summed E-state index contributed by atoms with van der Waals surface area (Å²) in [5.41, 5.74) is 3.33. The van der Waals surface area contributed by atoms with Gasteiger partial charge < -0.3 is 14.7 Å². The molecule has 0 aliphatic carbocycles. The Morgan fingerprint density at radius 1 is 1.44 bits per heavy atom. The highest BCUT2D eigenvalue weighted by atomic mass is 16.5. The number of nitrogens with zero attached hydrogens (tertiary/aromatic N) is 1. The number of anilines is 1. The molecule has 1 aliphatic rings. The highest BCUT2D eigenvalue weighted by molar-refractivity contribution is 5.54. The Bertz CT molecular complexity index is 386. The molecule has 1 N–H and O–H groups in total. The Morgan fingerprint density at radius 2 is 2.28 bits per heavy atom. The number of rotatable bonds is 4. The Labute approximate surface area is 109 Å². The second-order valence-corrected chi connectivity index (χ2v) is 5.25. The van der Waals surface area contributed by atoms with Crippen molar-refractivity contribution in [3.63, 3.8) is 0 Å². The van der Waals surface area contributed by atoms with Gasteiger partial charge in [-0.05, 0) is 31.7 Å². The molecule has 1 heterocycles. The highest BCUT2D eigenvalue weighted by Crippen LogP contribution is 2.23. The van der Waals surface area contributed by atoms with Crippen molar-refractivity contribution >= 4 is 5.69 Å². The lowest BCUT2D eigenvalue weighted by Gasteiger charge is -2.29. The van der Waals surface area contributed by atoms with Crippen LogP contribution < -0.4 is 4.90 Å². The molecule has 0 radical (unpaired) electrons. The minimum absolute atomic E-state index is 0.0997. The summed E-state index contributed by atoms with van der Waals surface area (Å²) in [4.78, 5) is 2.24. The molecule has 3 heteroatoms. The van der Waals surface area contributed by atoms with Gasteiger partial charge in [0.2, 0.25) is 0 Å². The molecule has 18 heavy (non-hydrogen) atoms. The van der Waals surface area contributed by atoms with Crippen LogP contribution in [0.4, 0.5) is 5.69 Å². The van der Waals surface area contributed by atoms with Crippen molar-refractivity contribution in [2.45, 2.75) is 26.4 Å². The van der Waals surface area contributed by atoms with Crippen molar-refractivity contribution in [2.24, 2.45) is 5.92 Å². The molecule has 1 saturated heterocycles. The van der Waals surface area contributed by atoms with E-state index < -0.39 is 0 Å². The third kappa shape index (κ3) is 3.24. The number of aryl methyl sites for hydroxylation is 1. The molecule has 3 nitrogen and oxygen atoms in total. The van der Waals surface area contributed by atoms with Crippen LogP contribution in [-0.2, 0) is 11.3 Å². The zero-order valence-electron chi connectivity index (χ0n) is 11.4. The van der Waals surface area contributed by atoms with Crippen LogP contribution in [0.25, 0.3) is 0 Å². The van der Waals surface area contributed by atoms with E-state index in [4.69, 9.17) is 4.74 Å². The first kappa shape index (κ1) is 13.4. The second kappa shape index (κ2) is 6.21. The molecule has 100 valence electrons. The minimum atomic E-state index is 0.0997. The van der Waals surface area contributed by atoms with E-state index in [0.717, 1.165) is 31.0 Å². The lowest BCUT2D eigenvalue weighted by molar-refractivity contribution is 0.0576. The maximum absolute atomic E-state index is 9.45. The average molecular weight is 249 g/mol. The van der Waals surface area contributed by atoms with Crippen molar-refractivity contribution in [1.82, 2.24) is 0 Å². The molecule has 1 atom stereocenters. The summed E-state index contributed by atoms with van der Waals surface area (Å²) >= 11 is 0. The zero-order valence-corrected chi connectivity index (χ0v) is 11.4. The van der Waals surface area contributed by atoms with Gasteiger partial charge in [-0.3, -0.25) is 0 Å². The second-order valence-electron chi connectivity index (χ2n) is 5.25. The summed E-state index contributed by atoms with van der Waals surface area (Å²) < 4.78 is 5.52. The normalized spacial score (nSPS) is 19.8. The van der Waals surface area contributed by atoms with Crippen LogP contribution in [0.1, 0.15) is 24.0 Å². The van der Waals surface area contributed by atoms with Crippen molar-refractivity contribution in [3.8, 4) is 0 Å². The van der Waals surface area contributed by atoms with E-state index in [1.54, 1.807) is 0 Å². The van der Waals surface area contributed by atoms with E-state index in [1.807, 2.05) is 0 Å². The highest BCUT2D eigenvalue weighted by Gasteiger charge is 2.17. The van der Waals surface area contributed by atoms with Crippen LogP contribution in [0.2, 0.25) is 0 Å². The molecule has 0 aromatic heterocycles. The van der Waals surface area contributed by atoms with Gasteiger partial charge in [-0.25, -0.2) is 0 Å². The molecule has 0 bridgehead atoms. The largest absolute Gasteiger partial charge is 0.392 e. The van der Waals surface area contributed by atoms with Crippen molar-refractivity contribution in [3.05, 3.63) is 29.3 Å². The van der Waals surface area contributed by atoms with Gasteiger partial charge in [0, 0.05) is 31.5 Å². The van der Waals surface area contributed by atoms with Gasteiger partial charge >= 0.3 is 0 Å². The minimum Gasteiger partial charge on any atom is -0.392 e. The van der Waals surface area contributed by atoms with E-state index in [1.165, 1.54) is 18.4 Å². The number of aliphatic hydroxyl groups is 1. The number of hydrogen-bond acceptors (Lipinski definition) is 3. The third-order valence-corrected chi connectivity index (χ3v) is 3.60. The number of benzene rings is 1. The van der Waals surface area contributed by atoms with Crippen LogP contribution >= 0.6 is 0 Å². The van der Waals surface area contributed by atoms with Crippen molar-refractivity contribution in [2.75, 3.05) is 31.7 Å². The Hall–Kier alpha value is -1.06. The summed E-state index contributed by atoms with van der Waals surface area (Å²) in [7, 11) is 2.10. The summed E-state index contributed by atoms with van der Waals surface area (Å²) in [6.45, 7) is 4.92. The van der Waals surface area contributed by atoms with Crippen LogP contribution in [0.5, 0.6) is 0 Å². The first-order valence-corrected chi connectivity index (χ1v) is 6.70. The Morgan fingerprint density at radius 3 is 2.94 bits per heavy atom. The summed E-state index contributed by atoms with van der Waals surface area (Å²) in [5.74, 6) is 0.608. The lowest BCUT2D eigenvalue weighted by atomic mass is 10.0. The predicted octanol–water partition coefficient (Wildman–Crippen LogP) is 2.35. The molecule has 1 aromatic carbocycles. The fourth-order valence-electron chi connectivity index (χ4n) is 2.65. The van der Waals surface area contributed by atoms with Gasteiger partial charge in [-0.1, -0.05) is 17.7 Å². The first-order chi connectivity index (χ1) is 8.70. The maximum Gasteiger partial charge on any atom is 0.0702 e. The fraction of sp³-hybridized carbons (Fsp3) is 0.600. The summed E-state index contributed by atoms with van der Waals surface area (Å²) in [5, 5.41) is 9.45. The van der Waals surface area contributed by atoms with Crippen LogP contribution in [0, 0.1) is 12.8 Å². The van der Waals surface area contributed by atoms with Gasteiger partial charge in [0.1, 0.15) is 0 Å². The Kier molecular flexibility index (Phi) is 4.61. The predicted molar refractivity (Wildman–Crippen MR) is 73.9 cm³/mol. The smallest absolute Gasteiger partial charge is 0.0702 e. The molecule has 1 unspecified atom stereocenters. The Balaban J connectivity index is 2.05. The monoisotopic (exact) mass is 249 g/mol. The van der Waals surface area contributed by atoms with Gasteiger partial charge in [0.25, 0.3) is 0 Å². The van der Waals surface area contributed by atoms with Crippen LogP contribution in [0.15, 0.2) is 18.2 Å². The van der Waals surface area contributed by atoms with Crippen molar-refractivity contribution in [1.29, 1.82) is 0 Å². The van der Waals surface area contributed by atoms with Gasteiger partial charge in [0.05, 0.1) is 13.2 Å². The SMILES string of the molecule is Cc1ccc(N(C)CC2CCCOC2)c(CO)c1. The van der Waals surface area contributed by atoms with E-state index in [-0.39, 0.29) is 6.61 Å².